The molecular formula is C16H16Cl2O2. The van der Waals surface area contributed by atoms with Crippen LogP contribution in [-0.4, -0.2) is 12.2 Å². The number of benzene rings is 2. The smallest absolute Gasteiger partial charge is 0.0834 e. The van der Waals surface area contributed by atoms with Gasteiger partial charge in [0.25, 0.3) is 0 Å². The number of hydrogen-bond donors (Lipinski definition) is 1. The van der Waals surface area contributed by atoms with Crippen LogP contribution < -0.4 is 0 Å². The molecule has 0 saturated carbocycles. The molecule has 106 valence electrons. The molecule has 0 aromatic heterocycles. The van der Waals surface area contributed by atoms with Crippen molar-refractivity contribution in [1.82, 2.24) is 0 Å². The van der Waals surface area contributed by atoms with Gasteiger partial charge in [0.1, 0.15) is 0 Å². The first-order valence-electron chi connectivity index (χ1n) is 6.30. The fourth-order valence-electron chi connectivity index (χ4n) is 2.16. The van der Waals surface area contributed by atoms with Crippen molar-refractivity contribution in [3.8, 4) is 0 Å². The lowest BCUT2D eigenvalue weighted by atomic mass is 9.97. The third-order valence-electron chi connectivity index (χ3n) is 3.13. The number of hydrogen-bond acceptors (Lipinski definition) is 2. The monoisotopic (exact) mass is 310 g/mol. The Hall–Kier alpha value is -1.06. The minimum atomic E-state index is -0.641. The van der Waals surface area contributed by atoms with Crippen molar-refractivity contribution in [3.05, 3.63) is 69.2 Å². The van der Waals surface area contributed by atoms with Crippen LogP contribution >= 0.6 is 23.2 Å². The molecule has 0 radical (unpaired) electrons. The standard InChI is InChI=1S/C16H16Cl2O2/c1-20-10-11-4-2-3-5-14(11)16(19)9-12-8-13(17)6-7-15(12)18/h2-8,16,19H,9-10H2,1H3. The first-order valence-corrected chi connectivity index (χ1v) is 7.06. The van der Waals surface area contributed by atoms with Crippen molar-refractivity contribution in [2.24, 2.45) is 0 Å². The molecule has 1 atom stereocenters. The lowest BCUT2D eigenvalue weighted by molar-refractivity contribution is 0.161. The molecule has 0 aliphatic carbocycles. The lowest BCUT2D eigenvalue weighted by Crippen LogP contribution is -2.06. The number of aliphatic hydroxyl groups is 1. The number of methoxy groups -OCH3 is 1. The molecule has 0 amide bonds. The number of ether oxygens (including phenoxy) is 1. The van der Waals surface area contributed by atoms with Gasteiger partial charge < -0.3 is 9.84 Å². The Kier molecular flexibility index (Phi) is 5.44. The topological polar surface area (TPSA) is 29.5 Å². The largest absolute Gasteiger partial charge is 0.388 e. The molecule has 1 unspecified atom stereocenters. The maximum Gasteiger partial charge on any atom is 0.0834 e. The molecule has 2 rings (SSSR count). The Morgan fingerprint density at radius 2 is 1.85 bits per heavy atom. The van der Waals surface area contributed by atoms with Crippen LogP contribution in [0, 0.1) is 0 Å². The van der Waals surface area contributed by atoms with E-state index in [1.54, 1.807) is 25.3 Å². The zero-order valence-corrected chi connectivity index (χ0v) is 12.7. The first kappa shape index (κ1) is 15.3. The van der Waals surface area contributed by atoms with Gasteiger partial charge in [0.2, 0.25) is 0 Å². The molecule has 0 saturated heterocycles. The number of halogens is 2. The SMILES string of the molecule is COCc1ccccc1C(O)Cc1cc(Cl)ccc1Cl. The van der Waals surface area contributed by atoms with Gasteiger partial charge in [0.05, 0.1) is 12.7 Å². The molecule has 4 heteroatoms. The van der Waals surface area contributed by atoms with E-state index in [4.69, 9.17) is 27.9 Å². The predicted octanol–water partition coefficient (Wildman–Crippen LogP) is 4.42. The van der Waals surface area contributed by atoms with Crippen LogP contribution in [0.3, 0.4) is 0 Å². The van der Waals surface area contributed by atoms with Gasteiger partial charge in [0.15, 0.2) is 0 Å². The van der Waals surface area contributed by atoms with E-state index in [2.05, 4.69) is 0 Å². The molecule has 0 aliphatic heterocycles. The fourth-order valence-corrected chi connectivity index (χ4v) is 2.55. The Morgan fingerprint density at radius 3 is 2.60 bits per heavy atom. The van der Waals surface area contributed by atoms with Crippen molar-refractivity contribution < 1.29 is 9.84 Å². The number of aliphatic hydroxyl groups excluding tert-OH is 1. The molecule has 2 aromatic carbocycles. The van der Waals surface area contributed by atoms with Crippen LogP contribution in [0.15, 0.2) is 42.5 Å². The van der Waals surface area contributed by atoms with Crippen LogP contribution in [0.5, 0.6) is 0 Å². The summed E-state index contributed by atoms with van der Waals surface area (Å²) in [5.41, 5.74) is 2.66. The summed E-state index contributed by atoms with van der Waals surface area (Å²) >= 11 is 12.1. The maximum atomic E-state index is 10.4. The van der Waals surface area contributed by atoms with E-state index >= 15 is 0 Å². The van der Waals surface area contributed by atoms with Gasteiger partial charge in [-0.05, 0) is 34.9 Å². The Bertz CT molecular complexity index is 584. The zero-order valence-electron chi connectivity index (χ0n) is 11.1. The van der Waals surface area contributed by atoms with Crippen molar-refractivity contribution in [2.45, 2.75) is 19.1 Å². The third-order valence-corrected chi connectivity index (χ3v) is 3.74. The minimum Gasteiger partial charge on any atom is -0.388 e. The van der Waals surface area contributed by atoms with E-state index in [-0.39, 0.29) is 0 Å². The van der Waals surface area contributed by atoms with E-state index in [0.717, 1.165) is 16.7 Å². The van der Waals surface area contributed by atoms with Gasteiger partial charge in [-0.25, -0.2) is 0 Å². The first-order chi connectivity index (χ1) is 9.61. The van der Waals surface area contributed by atoms with Gasteiger partial charge in [-0.3, -0.25) is 0 Å². The Balaban J connectivity index is 2.23. The second-order valence-electron chi connectivity index (χ2n) is 4.59. The van der Waals surface area contributed by atoms with Gasteiger partial charge in [0, 0.05) is 23.6 Å². The van der Waals surface area contributed by atoms with Crippen molar-refractivity contribution in [3.63, 3.8) is 0 Å². The maximum absolute atomic E-state index is 10.4. The second kappa shape index (κ2) is 7.09. The summed E-state index contributed by atoms with van der Waals surface area (Å²) < 4.78 is 5.15. The van der Waals surface area contributed by atoms with E-state index < -0.39 is 6.10 Å². The van der Waals surface area contributed by atoms with Gasteiger partial charge in [-0.2, -0.15) is 0 Å². The minimum absolute atomic E-state index is 0.417. The van der Waals surface area contributed by atoms with E-state index in [9.17, 15) is 5.11 Å². The summed E-state index contributed by atoms with van der Waals surface area (Å²) in [7, 11) is 1.64. The molecule has 2 nitrogen and oxygen atoms in total. The average Bonchev–Trinajstić information content (AvgIpc) is 2.44. The summed E-state index contributed by atoms with van der Waals surface area (Å²) in [5.74, 6) is 0. The zero-order chi connectivity index (χ0) is 14.5. The summed E-state index contributed by atoms with van der Waals surface area (Å²) in [6.07, 6.45) is -0.225. The average molecular weight is 311 g/mol. The van der Waals surface area contributed by atoms with Crippen LogP contribution in [0.4, 0.5) is 0 Å². The Morgan fingerprint density at radius 1 is 1.10 bits per heavy atom. The van der Waals surface area contributed by atoms with E-state index in [0.29, 0.717) is 23.1 Å². The second-order valence-corrected chi connectivity index (χ2v) is 5.43. The molecule has 0 aliphatic rings. The lowest BCUT2D eigenvalue weighted by Gasteiger charge is -2.16. The van der Waals surface area contributed by atoms with Crippen LogP contribution in [0.1, 0.15) is 22.8 Å². The van der Waals surface area contributed by atoms with Crippen LogP contribution in [0.25, 0.3) is 0 Å². The molecule has 20 heavy (non-hydrogen) atoms. The quantitative estimate of drug-likeness (QED) is 0.886. The van der Waals surface area contributed by atoms with E-state index in [1.807, 2.05) is 24.3 Å². The van der Waals surface area contributed by atoms with Crippen LogP contribution in [0.2, 0.25) is 10.0 Å². The van der Waals surface area contributed by atoms with Crippen molar-refractivity contribution in [1.29, 1.82) is 0 Å². The summed E-state index contributed by atoms with van der Waals surface area (Å²) in [6, 6.07) is 12.9. The van der Waals surface area contributed by atoms with Gasteiger partial charge >= 0.3 is 0 Å². The third kappa shape index (κ3) is 3.74. The van der Waals surface area contributed by atoms with E-state index in [1.165, 1.54) is 0 Å². The highest BCUT2D eigenvalue weighted by Crippen LogP contribution is 2.27. The highest BCUT2D eigenvalue weighted by Gasteiger charge is 2.14. The molecule has 0 spiro atoms. The summed E-state index contributed by atoms with van der Waals surface area (Å²) in [6.45, 7) is 0.469. The molecule has 0 fully saturated rings. The number of rotatable bonds is 5. The molecular weight excluding hydrogens is 295 g/mol. The highest BCUT2D eigenvalue weighted by atomic mass is 35.5. The predicted molar refractivity (Wildman–Crippen MR) is 82.3 cm³/mol. The molecule has 0 bridgehead atoms. The van der Waals surface area contributed by atoms with Gasteiger partial charge in [-0.15, -0.1) is 0 Å². The summed E-state index contributed by atoms with van der Waals surface area (Å²) in [4.78, 5) is 0. The van der Waals surface area contributed by atoms with Crippen LogP contribution in [-0.2, 0) is 17.8 Å². The van der Waals surface area contributed by atoms with Crippen molar-refractivity contribution >= 4 is 23.2 Å². The normalized spacial score (nSPS) is 12.4. The molecule has 2 aromatic rings. The summed E-state index contributed by atoms with van der Waals surface area (Å²) in [5, 5.41) is 11.7. The Labute approximate surface area is 128 Å². The van der Waals surface area contributed by atoms with Gasteiger partial charge in [-0.1, -0.05) is 47.5 Å². The van der Waals surface area contributed by atoms with Crippen molar-refractivity contribution in [2.75, 3.05) is 7.11 Å². The molecule has 0 heterocycles. The highest BCUT2D eigenvalue weighted by molar-refractivity contribution is 6.33. The molecule has 1 N–H and O–H groups in total. The fraction of sp³-hybridized carbons (Fsp3) is 0.250.